The number of pyridine rings is 1. The lowest BCUT2D eigenvalue weighted by Gasteiger charge is -2.32. The minimum atomic E-state index is -0.356. The highest BCUT2D eigenvalue weighted by Crippen LogP contribution is 2.29. The van der Waals surface area contributed by atoms with Gasteiger partial charge in [0.1, 0.15) is 23.6 Å². The maximum atomic E-state index is 13.0. The number of ether oxygens (including phenoxy) is 1. The van der Waals surface area contributed by atoms with Gasteiger partial charge in [-0.3, -0.25) is 14.6 Å². The second-order valence-electron chi connectivity index (χ2n) is 6.67. The average Bonchev–Trinajstić information content (AvgIpc) is 3.03. The van der Waals surface area contributed by atoms with Crippen LogP contribution in [0.4, 0.5) is 0 Å². The summed E-state index contributed by atoms with van der Waals surface area (Å²) in [4.78, 5) is 33.7. The molecule has 1 fully saturated rings. The smallest absolute Gasteiger partial charge is 0.265 e. The van der Waals surface area contributed by atoms with E-state index in [-0.39, 0.29) is 40.3 Å². The van der Waals surface area contributed by atoms with Gasteiger partial charge in [-0.05, 0) is 37.5 Å². The second-order valence-corrected chi connectivity index (χ2v) is 6.67. The fourth-order valence-corrected chi connectivity index (χ4v) is 3.51. The number of nitrogens with zero attached hydrogens (tertiary/aromatic N) is 3. The highest BCUT2D eigenvalue weighted by atomic mass is 16.5. The van der Waals surface area contributed by atoms with Gasteiger partial charge >= 0.3 is 0 Å². The molecule has 3 aromatic heterocycles. The molecule has 0 aliphatic carbocycles. The molecule has 8 heteroatoms. The number of rotatable bonds is 3. The first-order valence-corrected chi connectivity index (χ1v) is 8.83. The summed E-state index contributed by atoms with van der Waals surface area (Å²) in [5.74, 6) is 0.0152. The number of aryl methyl sites for hydroxylation is 2. The predicted molar refractivity (Wildman–Crippen MR) is 97.4 cm³/mol. The lowest BCUT2D eigenvalue weighted by atomic mass is 9.96. The van der Waals surface area contributed by atoms with Crippen LogP contribution in [0.1, 0.15) is 40.6 Å². The number of carbonyl (C=O) groups is 1. The predicted octanol–water partition coefficient (Wildman–Crippen LogP) is 1.88. The fourth-order valence-electron chi connectivity index (χ4n) is 3.51. The molecule has 0 saturated carbocycles. The molecule has 3 aromatic rings. The molecule has 8 nitrogen and oxygen atoms in total. The van der Waals surface area contributed by atoms with Crippen molar-refractivity contribution < 1.29 is 13.9 Å². The van der Waals surface area contributed by atoms with Crippen molar-refractivity contribution in [3.05, 3.63) is 58.1 Å². The molecule has 2 atom stereocenters. The normalized spacial score (nSPS) is 19.9. The average molecular weight is 368 g/mol. The molecule has 1 aliphatic heterocycles. The number of nitrogens with one attached hydrogen (secondary N) is 1. The van der Waals surface area contributed by atoms with Crippen LogP contribution in [0.3, 0.4) is 0 Å². The molecule has 1 saturated heterocycles. The monoisotopic (exact) mass is 368 g/mol. The minimum absolute atomic E-state index is 0.173. The quantitative estimate of drug-likeness (QED) is 0.758. The van der Waals surface area contributed by atoms with E-state index in [0.717, 1.165) is 18.4 Å². The van der Waals surface area contributed by atoms with Crippen LogP contribution in [0, 0.1) is 6.92 Å². The Labute approximate surface area is 155 Å². The fraction of sp³-hybridized carbons (Fsp3) is 0.368. The number of furan rings is 1. The summed E-state index contributed by atoms with van der Waals surface area (Å²) in [6, 6.07) is 3.55. The van der Waals surface area contributed by atoms with Crippen molar-refractivity contribution in [2.75, 3.05) is 6.61 Å². The van der Waals surface area contributed by atoms with Crippen LogP contribution in [0.25, 0.3) is 11.1 Å². The van der Waals surface area contributed by atoms with Gasteiger partial charge in [-0.15, -0.1) is 0 Å². The van der Waals surface area contributed by atoms with Gasteiger partial charge in [0, 0.05) is 26.0 Å². The van der Waals surface area contributed by atoms with Gasteiger partial charge in [-0.25, -0.2) is 4.98 Å². The van der Waals surface area contributed by atoms with Gasteiger partial charge in [-0.1, -0.05) is 0 Å². The first kappa shape index (κ1) is 17.4. The molecule has 0 bridgehead atoms. The molecular formula is C19H20N4O4. The van der Waals surface area contributed by atoms with E-state index in [9.17, 15) is 9.59 Å². The van der Waals surface area contributed by atoms with E-state index < -0.39 is 0 Å². The van der Waals surface area contributed by atoms with Gasteiger partial charge in [0.25, 0.3) is 11.5 Å². The number of hydrogen-bond donors (Lipinski definition) is 1. The molecule has 140 valence electrons. The molecule has 27 heavy (non-hydrogen) atoms. The number of amides is 1. The lowest BCUT2D eigenvalue weighted by molar-refractivity contribution is -0.00950. The Hall–Kier alpha value is -3.00. The van der Waals surface area contributed by atoms with E-state index in [0.29, 0.717) is 12.4 Å². The molecule has 4 rings (SSSR count). The summed E-state index contributed by atoms with van der Waals surface area (Å²) in [6.45, 7) is 2.30. The molecule has 4 heterocycles. The standard InChI is InChI=1S/C19H20N4O4/c1-11-14(15-18(27-11)21-10-23(2)19(15)25)17(24)22-13-4-3-9-26-16(13)12-5-7-20-8-6-12/h5-8,10,13,16H,3-4,9H2,1-2H3,(H,22,24)/t13-,16+/m0/s1. The summed E-state index contributed by atoms with van der Waals surface area (Å²) in [5.41, 5.74) is 1.05. The third-order valence-electron chi connectivity index (χ3n) is 4.85. The number of hydrogen-bond acceptors (Lipinski definition) is 6. The van der Waals surface area contributed by atoms with E-state index in [1.165, 1.54) is 10.9 Å². The first-order valence-electron chi connectivity index (χ1n) is 8.83. The first-order chi connectivity index (χ1) is 13.1. The zero-order valence-corrected chi connectivity index (χ0v) is 15.1. The van der Waals surface area contributed by atoms with E-state index in [4.69, 9.17) is 9.15 Å². The Kier molecular flexibility index (Phi) is 4.49. The van der Waals surface area contributed by atoms with Crippen LogP contribution >= 0.6 is 0 Å². The third kappa shape index (κ3) is 3.12. The number of carbonyl (C=O) groups excluding carboxylic acids is 1. The summed E-state index contributed by atoms with van der Waals surface area (Å²) in [5, 5.41) is 3.23. The SMILES string of the molecule is Cc1oc2ncn(C)c(=O)c2c1C(=O)N[C@H]1CCCO[C@@H]1c1ccncc1. The number of aromatic nitrogens is 3. The van der Waals surface area contributed by atoms with Crippen LogP contribution < -0.4 is 10.9 Å². The molecule has 0 unspecified atom stereocenters. The van der Waals surface area contributed by atoms with Crippen molar-refractivity contribution in [2.45, 2.75) is 31.9 Å². The van der Waals surface area contributed by atoms with E-state index in [1.807, 2.05) is 12.1 Å². The van der Waals surface area contributed by atoms with Crippen molar-refractivity contribution in [2.24, 2.45) is 7.05 Å². The zero-order chi connectivity index (χ0) is 19.0. The van der Waals surface area contributed by atoms with Crippen molar-refractivity contribution in [1.82, 2.24) is 19.9 Å². The maximum Gasteiger partial charge on any atom is 0.265 e. The molecule has 1 amide bonds. The van der Waals surface area contributed by atoms with Gasteiger partial charge < -0.3 is 19.0 Å². The highest BCUT2D eigenvalue weighted by molar-refractivity contribution is 6.06. The minimum Gasteiger partial charge on any atom is -0.442 e. The van der Waals surface area contributed by atoms with Gasteiger partial charge in [0.15, 0.2) is 0 Å². The Balaban J connectivity index is 1.67. The zero-order valence-electron chi connectivity index (χ0n) is 15.1. The summed E-state index contributed by atoms with van der Waals surface area (Å²) in [7, 11) is 1.59. The molecule has 1 aliphatic rings. The third-order valence-corrected chi connectivity index (χ3v) is 4.85. The molecule has 0 spiro atoms. The Morgan fingerprint density at radius 3 is 2.89 bits per heavy atom. The summed E-state index contributed by atoms with van der Waals surface area (Å²) < 4.78 is 12.8. The van der Waals surface area contributed by atoms with Crippen molar-refractivity contribution in [3.8, 4) is 0 Å². The van der Waals surface area contributed by atoms with Crippen LogP contribution in [0.5, 0.6) is 0 Å². The Bertz CT molecular complexity index is 1040. The van der Waals surface area contributed by atoms with Crippen LogP contribution in [-0.2, 0) is 11.8 Å². The van der Waals surface area contributed by atoms with Gasteiger partial charge in [0.2, 0.25) is 5.71 Å². The lowest BCUT2D eigenvalue weighted by Crippen LogP contribution is -2.43. The maximum absolute atomic E-state index is 13.0. The van der Waals surface area contributed by atoms with Gasteiger partial charge in [-0.2, -0.15) is 0 Å². The number of fused-ring (bicyclic) bond motifs is 1. The molecule has 1 N–H and O–H groups in total. The van der Waals surface area contributed by atoms with E-state index in [1.54, 1.807) is 26.4 Å². The van der Waals surface area contributed by atoms with Crippen LogP contribution in [0.2, 0.25) is 0 Å². The molecule has 0 radical (unpaired) electrons. The molecule has 0 aromatic carbocycles. The van der Waals surface area contributed by atoms with Crippen LogP contribution in [-0.4, -0.2) is 33.1 Å². The summed E-state index contributed by atoms with van der Waals surface area (Å²) in [6.07, 6.45) is 6.16. The Morgan fingerprint density at radius 2 is 2.11 bits per heavy atom. The second kappa shape index (κ2) is 6.96. The Morgan fingerprint density at radius 1 is 1.33 bits per heavy atom. The van der Waals surface area contributed by atoms with Crippen LogP contribution in [0.15, 0.2) is 40.1 Å². The topological polar surface area (TPSA) is 99.2 Å². The van der Waals surface area contributed by atoms with E-state index >= 15 is 0 Å². The van der Waals surface area contributed by atoms with Gasteiger partial charge in [0.05, 0.1) is 11.6 Å². The largest absolute Gasteiger partial charge is 0.442 e. The van der Waals surface area contributed by atoms with Crippen molar-refractivity contribution >= 4 is 17.0 Å². The van der Waals surface area contributed by atoms with Crippen molar-refractivity contribution in [1.29, 1.82) is 0 Å². The molecular weight excluding hydrogens is 348 g/mol. The van der Waals surface area contributed by atoms with E-state index in [2.05, 4.69) is 15.3 Å². The highest BCUT2D eigenvalue weighted by Gasteiger charge is 2.31. The van der Waals surface area contributed by atoms with Crippen molar-refractivity contribution in [3.63, 3.8) is 0 Å². The summed E-state index contributed by atoms with van der Waals surface area (Å²) >= 11 is 0.